The van der Waals surface area contributed by atoms with Gasteiger partial charge in [0.2, 0.25) is 0 Å². The van der Waals surface area contributed by atoms with Gasteiger partial charge in [-0.3, -0.25) is 4.79 Å². The standard InChI is InChI=1S/C31H22FN3O/c32-26-18-10-11-22(21-26)29-28-27(19-20-33-30(28)36)35(34-29)31(23-12-4-1-5-13-23,24-14-6-2-7-15-24)25-16-8-3-9-17-25/h1-21H,(H,33,36). The van der Waals surface area contributed by atoms with Gasteiger partial charge in [0.1, 0.15) is 17.1 Å². The maximum absolute atomic E-state index is 14.3. The highest BCUT2D eigenvalue weighted by atomic mass is 19.1. The van der Waals surface area contributed by atoms with Crippen molar-refractivity contribution in [1.82, 2.24) is 14.8 Å². The van der Waals surface area contributed by atoms with Gasteiger partial charge in [0, 0.05) is 11.8 Å². The van der Waals surface area contributed by atoms with Crippen LogP contribution < -0.4 is 5.56 Å². The fourth-order valence-corrected chi connectivity index (χ4v) is 5.08. The fraction of sp³-hybridized carbons (Fsp3) is 0.0323. The van der Waals surface area contributed by atoms with Crippen LogP contribution in [0.3, 0.4) is 0 Å². The third kappa shape index (κ3) is 3.36. The number of rotatable bonds is 5. The second kappa shape index (κ2) is 8.78. The van der Waals surface area contributed by atoms with Crippen molar-refractivity contribution in [3.05, 3.63) is 160 Å². The molecule has 4 nitrogen and oxygen atoms in total. The number of benzene rings is 4. The molecule has 6 rings (SSSR count). The Hall–Kier alpha value is -4.77. The van der Waals surface area contributed by atoms with Crippen LogP contribution in [0.2, 0.25) is 0 Å². The quantitative estimate of drug-likeness (QED) is 0.297. The van der Waals surface area contributed by atoms with Crippen LogP contribution in [0.4, 0.5) is 4.39 Å². The summed E-state index contributed by atoms with van der Waals surface area (Å²) in [6.45, 7) is 0. The number of fused-ring (bicyclic) bond motifs is 1. The molecule has 0 unspecified atom stereocenters. The van der Waals surface area contributed by atoms with E-state index in [0.29, 0.717) is 22.2 Å². The Morgan fingerprint density at radius 3 is 1.78 bits per heavy atom. The molecule has 174 valence electrons. The molecule has 4 aromatic carbocycles. The van der Waals surface area contributed by atoms with E-state index in [9.17, 15) is 9.18 Å². The molecule has 0 amide bonds. The van der Waals surface area contributed by atoms with Crippen molar-refractivity contribution in [3.8, 4) is 11.3 Å². The number of nitrogens with zero attached hydrogens (tertiary/aromatic N) is 2. The summed E-state index contributed by atoms with van der Waals surface area (Å²) in [7, 11) is 0. The Morgan fingerprint density at radius 1 is 0.694 bits per heavy atom. The Labute approximate surface area is 207 Å². The van der Waals surface area contributed by atoms with Gasteiger partial charge in [0.05, 0.1) is 10.9 Å². The molecule has 0 fully saturated rings. The summed E-state index contributed by atoms with van der Waals surface area (Å²) in [5, 5.41) is 5.51. The third-order valence-corrected chi connectivity index (χ3v) is 6.59. The predicted octanol–water partition coefficient (Wildman–Crippen LogP) is 6.37. The van der Waals surface area contributed by atoms with Gasteiger partial charge in [-0.2, -0.15) is 5.10 Å². The molecule has 0 radical (unpaired) electrons. The average molecular weight is 472 g/mol. The molecule has 0 atom stereocenters. The third-order valence-electron chi connectivity index (χ3n) is 6.59. The largest absolute Gasteiger partial charge is 0.328 e. The Bertz CT molecular complexity index is 1610. The number of nitrogens with one attached hydrogen (secondary N) is 1. The molecular weight excluding hydrogens is 449 g/mol. The summed E-state index contributed by atoms with van der Waals surface area (Å²) in [5.41, 5.74) is 3.39. The van der Waals surface area contributed by atoms with Gasteiger partial charge in [-0.25, -0.2) is 9.07 Å². The number of aromatic nitrogens is 3. The summed E-state index contributed by atoms with van der Waals surface area (Å²) in [4.78, 5) is 16.0. The van der Waals surface area contributed by atoms with Crippen LogP contribution in [0.15, 0.2) is 132 Å². The molecule has 2 heterocycles. The maximum Gasteiger partial charge on any atom is 0.259 e. The lowest BCUT2D eigenvalue weighted by Gasteiger charge is -2.37. The Balaban J connectivity index is 1.82. The van der Waals surface area contributed by atoms with E-state index < -0.39 is 5.54 Å². The van der Waals surface area contributed by atoms with Gasteiger partial charge < -0.3 is 4.98 Å². The van der Waals surface area contributed by atoms with E-state index in [1.54, 1.807) is 18.3 Å². The summed E-state index contributed by atoms with van der Waals surface area (Å²) in [6.07, 6.45) is 1.63. The highest BCUT2D eigenvalue weighted by molar-refractivity contribution is 5.93. The number of halogens is 1. The lowest BCUT2D eigenvalue weighted by atomic mass is 9.77. The monoisotopic (exact) mass is 471 g/mol. The molecule has 1 N–H and O–H groups in total. The molecular formula is C31H22FN3O. The molecule has 0 aliphatic rings. The molecule has 0 saturated carbocycles. The molecule has 36 heavy (non-hydrogen) atoms. The highest BCUT2D eigenvalue weighted by Crippen LogP contribution is 2.43. The zero-order valence-corrected chi connectivity index (χ0v) is 19.3. The fourth-order valence-electron chi connectivity index (χ4n) is 5.08. The molecule has 0 bridgehead atoms. The summed E-state index contributed by atoms with van der Waals surface area (Å²) < 4.78 is 16.2. The zero-order valence-electron chi connectivity index (χ0n) is 19.3. The molecule has 0 spiro atoms. The van der Waals surface area contributed by atoms with E-state index in [-0.39, 0.29) is 11.4 Å². The Morgan fingerprint density at radius 2 is 1.25 bits per heavy atom. The second-order valence-corrected chi connectivity index (χ2v) is 8.65. The van der Waals surface area contributed by atoms with Gasteiger partial charge >= 0.3 is 0 Å². The van der Waals surface area contributed by atoms with Crippen molar-refractivity contribution >= 4 is 10.9 Å². The normalized spacial score (nSPS) is 11.6. The number of pyridine rings is 1. The van der Waals surface area contributed by atoms with Crippen molar-refractivity contribution < 1.29 is 4.39 Å². The minimum atomic E-state index is -0.901. The number of hydrogen-bond acceptors (Lipinski definition) is 2. The van der Waals surface area contributed by atoms with Gasteiger partial charge in [0.25, 0.3) is 5.56 Å². The average Bonchev–Trinajstić information content (AvgIpc) is 3.32. The Kier molecular flexibility index (Phi) is 5.30. The van der Waals surface area contributed by atoms with Crippen LogP contribution >= 0.6 is 0 Å². The van der Waals surface area contributed by atoms with E-state index >= 15 is 0 Å². The van der Waals surface area contributed by atoms with Crippen LogP contribution in [0.5, 0.6) is 0 Å². The van der Waals surface area contributed by atoms with Gasteiger partial charge in [-0.15, -0.1) is 0 Å². The first-order valence-electron chi connectivity index (χ1n) is 11.7. The number of hydrogen-bond donors (Lipinski definition) is 1. The first-order valence-corrected chi connectivity index (χ1v) is 11.7. The van der Waals surface area contributed by atoms with Crippen molar-refractivity contribution in [1.29, 1.82) is 0 Å². The van der Waals surface area contributed by atoms with Crippen molar-refractivity contribution in [3.63, 3.8) is 0 Å². The minimum Gasteiger partial charge on any atom is -0.328 e. The van der Waals surface area contributed by atoms with Gasteiger partial charge in [0.15, 0.2) is 0 Å². The van der Waals surface area contributed by atoms with Gasteiger partial charge in [-0.1, -0.05) is 103 Å². The molecule has 0 aliphatic heterocycles. The molecule has 5 heteroatoms. The highest BCUT2D eigenvalue weighted by Gasteiger charge is 2.41. The van der Waals surface area contributed by atoms with Gasteiger partial charge in [-0.05, 0) is 34.9 Å². The number of aromatic amines is 1. The molecule has 0 saturated heterocycles. The van der Waals surface area contributed by atoms with Crippen molar-refractivity contribution in [2.75, 3.05) is 0 Å². The summed E-state index contributed by atoms with van der Waals surface area (Å²) in [6, 6.07) is 38.4. The van der Waals surface area contributed by atoms with E-state index in [2.05, 4.69) is 41.4 Å². The van der Waals surface area contributed by atoms with E-state index in [1.807, 2.05) is 65.3 Å². The SMILES string of the molecule is O=c1[nH]ccc2c1c(-c1cccc(F)c1)nn2C(c1ccccc1)(c1ccccc1)c1ccccc1. The van der Waals surface area contributed by atoms with E-state index in [0.717, 1.165) is 16.7 Å². The van der Waals surface area contributed by atoms with Crippen molar-refractivity contribution in [2.24, 2.45) is 0 Å². The van der Waals surface area contributed by atoms with E-state index in [1.165, 1.54) is 12.1 Å². The van der Waals surface area contributed by atoms with Crippen LogP contribution in [-0.4, -0.2) is 14.8 Å². The van der Waals surface area contributed by atoms with Crippen LogP contribution in [0.25, 0.3) is 22.2 Å². The minimum absolute atomic E-state index is 0.277. The van der Waals surface area contributed by atoms with Crippen molar-refractivity contribution in [2.45, 2.75) is 5.54 Å². The number of H-pyrrole nitrogens is 1. The first kappa shape index (κ1) is 21.7. The lowest BCUT2D eigenvalue weighted by Crippen LogP contribution is -2.38. The van der Waals surface area contributed by atoms with Crippen LogP contribution in [0.1, 0.15) is 16.7 Å². The second-order valence-electron chi connectivity index (χ2n) is 8.65. The lowest BCUT2D eigenvalue weighted by molar-refractivity contribution is 0.477. The summed E-state index contributed by atoms with van der Waals surface area (Å²) >= 11 is 0. The van der Waals surface area contributed by atoms with Crippen LogP contribution in [-0.2, 0) is 5.54 Å². The zero-order chi connectivity index (χ0) is 24.5. The topological polar surface area (TPSA) is 50.7 Å². The smallest absolute Gasteiger partial charge is 0.259 e. The van der Waals surface area contributed by atoms with Crippen LogP contribution in [0, 0.1) is 5.82 Å². The maximum atomic E-state index is 14.3. The molecule has 2 aromatic heterocycles. The molecule has 6 aromatic rings. The van der Waals surface area contributed by atoms with E-state index in [4.69, 9.17) is 5.10 Å². The first-order chi connectivity index (χ1) is 17.7. The predicted molar refractivity (Wildman–Crippen MR) is 140 cm³/mol. The summed E-state index contributed by atoms with van der Waals surface area (Å²) in [5.74, 6) is -0.386. The molecule has 0 aliphatic carbocycles.